The summed E-state index contributed by atoms with van der Waals surface area (Å²) in [5.74, 6) is 0.903. The fourth-order valence-electron chi connectivity index (χ4n) is 2.01. The molecule has 0 N–H and O–H groups in total. The van der Waals surface area contributed by atoms with Crippen LogP contribution in [-0.4, -0.2) is 56.3 Å². The highest BCUT2D eigenvalue weighted by atomic mass is 35.5. The molecule has 4 nitrogen and oxygen atoms in total. The van der Waals surface area contributed by atoms with Gasteiger partial charge >= 0.3 is 0 Å². The van der Waals surface area contributed by atoms with E-state index in [2.05, 4.69) is 14.8 Å². The molecule has 0 aromatic carbocycles. The molecule has 0 amide bonds. The third-order valence-corrected chi connectivity index (χ3v) is 3.32. The number of nitrogens with zero attached hydrogens (tertiary/aromatic N) is 3. The van der Waals surface area contributed by atoms with E-state index in [0.29, 0.717) is 0 Å². The van der Waals surface area contributed by atoms with Gasteiger partial charge in [-0.1, -0.05) is 11.6 Å². The standard InChI is InChI=1S/C12H18ClN3O/c1-17-10-9-15-5-7-16(8-6-15)12-11(13)3-2-4-14-12/h2-4H,5-10H2,1H3. The topological polar surface area (TPSA) is 28.6 Å². The van der Waals surface area contributed by atoms with Gasteiger partial charge in [-0.15, -0.1) is 0 Å². The number of rotatable bonds is 4. The molecule has 0 saturated carbocycles. The first kappa shape index (κ1) is 12.6. The van der Waals surface area contributed by atoms with Crippen molar-refractivity contribution in [3.05, 3.63) is 23.4 Å². The summed E-state index contributed by atoms with van der Waals surface area (Å²) >= 11 is 6.14. The summed E-state index contributed by atoms with van der Waals surface area (Å²) in [6.07, 6.45) is 1.79. The molecule has 0 unspecified atom stereocenters. The van der Waals surface area contributed by atoms with E-state index in [9.17, 15) is 0 Å². The summed E-state index contributed by atoms with van der Waals surface area (Å²) in [7, 11) is 1.74. The number of halogens is 1. The first-order valence-electron chi connectivity index (χ1n) is 5.88. The molecular weight excluding hydrogens is 238 g/mol. The van der Waals surface area contributed by atoms with E-state index in [4.69, 9.17) is 16.3 Å². The van der Waals surface area contributed by atoms with E-state index in [1.54, 1.807) is 13.3 Å². The minimum atomic E-state index is 0.734. The van der Waals surface area contributed by atoms with Crippen LogP contribution in [0.25, 0.3) is 0 Å². The van der Waals surface area contributed by atoms with Crippen molar-refractivity contribution in [2.24, 2.45) is 0 Å². The molecule has 0 spiro atoms. The normalized spacial score (nSPS) is 17.4. The first-order valence-corrected chi connectivity index (χ1v) is 6.26. The molecule has 0 atom stereocenters. The molecule has 1 aromatic heterocycles. The summed E-state index contributed by atoms with van der Waals surface area (Å²) in [6, 6.07) is 3.75. The molecule has 17 heavy (non-hydrogen) atoms. The Morgan fingerprint density at radius 3 is 2.76 bits per heavy atom. The van der Waals surface area contributed by atoms with E-state index in [-0.39, 0.29) is 0 Å². The number of piperazine rings is 1. The van der Waals surface area contributed by atoms with Crippen LogP contribution in [-0.2, 0) is 4.74 Å². The van der Waals surface area contributed by atoms with Crippen molar-refractivity contribution < 1.29 is 4.74 Å². The molecule has 2 rings (SSSR count). The highest BCUT2D eigenvalue weighted by Crippen LogP contribution is 2.23. The number of hydrogen-bond acceptors (Lipinski definition) is 4. The SMILES string of the molecule is COCCN1CCN(c2ncccc2Cl)CC1. The van der Waals surface area contributed by atoms with E-state index in [1.807, 2.05) is 12.1 Å². The average Bonchev–Trinajstić information content (AvgIpc) is 2.38. The number of ether oxygens (including phenoxy) is 1. The van der Waals surface area contributed by atoms with Crippen LogP contribution in [0.15, 0.2) is 18.3 Å². The van der Waals surface area contributed by atoms with Gasteiger partial charge in [0.15, 0.2) is 0 Å². The van der Waals surface area contributed by atoms with Gasteiger partial charge in [-0.3, -0.25) is 4.90 Å². The second-order valence-electron chi connectivity index (χ2n) is 4.13. The molecule has 0 bridgehead atoms. The van der Waals surface area contributed by atoms with E-state index < -0.39 is 0 Å². The lowest BCUT2D eigenvalue weighted by Gasteiger charge is -2.35. The Hall–Kier alpha value is -0.840. The van der Waals surface area contributed by atoms with Gasteiger partial charge in [-0.05, 0) is 12.1 Å². The van der Waals surface area contributed by atoms with Gasteiger partial charge in [0, 0.05) is 46.0 Å². The summed E-state index contributed by atoms with van der Waals surface area (Å²) in [6.45, 7) is 5.82. The Balaban J connectivity index is 1.89. The van der Waals surface area contributed by atoms with Crippen LogP contribution >= 0.6 is 11.6 Å². The van der Waals surface area contributed by atoms with Crippen LogP contribution in [0.2, 0.25) is 5.02 Å². The zero-order chi connectivity index (χ0) is 12.1. The molecule has 0 radical (unpaired) electrons. The van der Waals surface area contributed by atoms with Crippen molar-refractivity contribution in [2.75, 3.05) is 51.3 Å². The van der Waals surface area contributed by atoms with E-state index in [1.165, 1.54) is 0 Å². The lowest BCUT2D eigenvalue weighted by molar-refractivity contribution is 0.144. The maximum atomic E-state index is 6.14. The van der Waals surface area contributed by atoms with Gasteiger partial charge in [0.2, 0.25) is 0 Å². The van der Waals surface area contributed by atoms with Gasteiger partial charge in [-0.2, -0.15) is 0 Å². The highest BCUT2D eigenvalue weighted by molar-refractivity contribution is 6.32. The van der Waals surface area contributed by atoms with Crippen LogP contribution in [0, 0.1) is 0 Å². The Morgan fingerprint density at radius 2 is 2.12 bits per heavy atom. The molecular formula is C12H18ClN3O. The van der Waals surface area contributed by atoms with Gasteiger partial charge in [-0.25, -0.2) is 4.98 Å². The van der Waals surface area contributed by atoms with Crippen LogP contribution in [0.1, 0.15) is 0 Å². The number of hydrogen-bond donors (Lipinski definition) is 0. The summed E-state index contributed by atoms with van der Waals surface area (Å²) in [4.78, 5) is 8.98. The molecule has 2 heterocycles. The average molecular weight is 256 g/mol. The van der Waals surface area contributed by atoms with Crippen LogP contribution < -0.4 is 4.90 Å². The first-order chi connectivity index (χ1) is 8.31. The number of aromatic nitrogens is 1. The smallest absolute Gasteiger partial charge is 0.147 e. The zero-order valence-electron chi connectivity index (χ0n) is 10.1. The molecule has 1 saturated heterocycles. The lowest BCUT2D eigenvalue weighted by atomic mass is 10.3. The van der Waals surface area contributed by atoms with Crippen molar-refractivity contribution >= 4 is 17.4 Å². The Labute approximate surface area is 107 Å². The third-order valence-electron chi connectivity index (χ3n) is 3.02. The van der Waals surface area contributed by atoms with Gasteiger partial charge in [0.25, 0.3) is 0 Å². The minimum absolute atomic E-state index is 0.734. The maximum absolute atomic E-state index is 6.14. The van der Waals surface area contributed by atoms with Crippen molar-refractivity contribution in [3.63, 3.8) is 0 Å². The number of pyridine rings is 1. The maximum Gasteiger partial charge on any atom is 0.147 e. The van der Waals surface area contributed by atoms with Crippen LogP contribution in [0.5, 0.6) is 0 Å². The Morgan fingerprint density at radius 1 is 1.35 bits per heavy atom. The van der Waals surface area contributed by atoms with E-state index >= 15 is 0 Å². The second-order valence-corrected chi connectivity index (χ2v) is 4.54. The van der Waals surface area contributed by atoms with Crippen molar-refractivity contribution in [2.45, 2.75) is 0 Å². The number of anilines is 1. The third kappa shape index (κ3) is 3.31. The summed E-state index contributed by atoms with van der Waals surface area (Å²) in [5, 5.41) is 0.734. The Kier molecular flexibility index (Phi) is 4.59. The van der Waals surface area contributed by atoms with Crippen molar-refractivity contribution in [1.29, 1.82) is 0 Å². The molecule has 0 aliphatic carbocycles. The monoisotopic (exact) mass is 255 g/mol. The number of methoxy groups -OCH3 is 1. The van der Waals surface area contributed by atoms with Crippen LogP contribution in [0.4, 0.5) is 5.82 Å². The van der Waals surface area contributed by atoms with Gasteiger partial charge in [0.05, 0.1) is 11.6 Å². The van der Waals surface area contributed by atoms with Gasteiger partial charge < -0.3 is 9.64 Å². The predicted molar refractivity (Wildman–Crippen MR) is 69.8 cm³/mol. The van der Waals surface area contributed by atoms with Crippen LogP contribution in [0.3, 0.4) is 0 Å². The molecule has 1 aliphatic heterocycles. The molecule has 1 aliphatic rings. The fourth-order valence-corrected chi connectivity index (χ4v) is 2.25. The molecule has 94 valence electrons. The zero-order valence-corrected chi connectivity index (χ0v) is 10.9. The molecule has 1 fully saturated rings. The summed E-state index contributed by atoms with van der Waals surface area (Å²) in [5.41, 5.74) is 0. The van der Waals surface area contributed by atoms with Crippen molar-refractivity contribution in [1.82, 2.24) is 9.88 Å². The minimum Gasteiger partial charge on any atom is -0.383 e. The van der Waals surface area contributed by atoms with Crippen molar-refractivity contribution in [3.8, 4) is 0 Å². The fraction of sp³-hybridized carbons (Fsp3) is 0.583. The highest BCUT2D eigenvalue weighted by Gasteiger charge is 2.18. The summed E-state index contributed by atoms with van der Waals surface area (Å²) < 4.78 is 5.09. The second kappa shape index (κ2) is 6.19. The Bertz CT molecular complexity index is 353. The molecule has 5 heteroatoms. The largest absolute Gasteiger partial charge is 0.383 e. The predicted octanol–water partition coefficient (Wildman–Crippen LogP) is 1.50. The lowest BCUT2D eigenvalue weighted by Crippen LogP contribution is -2.47. The quantitative estimate of drug-likeness (QED) is 0.815. The molecule has 1 aromatic rings. The van der Waals surface area contributed by atoms with Gasteiger partial charge in [0.1, 0.15) is 5.82 Å². The van der Waals surface area contributed by atoms with E-state index in [0.717, 1.165) is 50.2 Å².